The summed E-state index contributed by atoms with van der Waals surface area (Å²) in [4.78, 5) is 16.2. The average molecular weight is 277 g/mol. The van der Waals surface area contributed by atoms with E-state index in [-0.39, 0.29) is 11.1 Å². The zero-order chi connectivity index (χ0) is 12.6. The second-order valence-electron chi connectivity index (χ2n) is 4.48. The van der Waals surface area contributed by atoms with Gasteiger partial charge in [-0.05, 0) is 12.5 Å². The number of aromatic nitrogens is 1. The Labute approximate surface area is 110 Å². The SMILES string of the molecule is CCCC1(O)CN(C(=O)c2cc(Cl)c(Cl)[nH]2)C1. The van der Waals surface area contributed by atoms with Gasteiger partial charge in [0.2, 0.25) is 0 Å². The smallest absolute Gasteiger partial charge is 0.270 e. The maximum atomic E-state index is 12.0. The minimum atomic E-state index is -0.718. The third-order valence-electron chi connectivity index (χ3n) is 2.93. The lowest BCUT2D eigenvalue weighted by molar-refractivity contribution is -0.0861. The van der Waals surface area contributed by atoms with Crippen LogP contribution in [0.3, 0.4) is 0 Å². The van der Waals surface area contributed by atoms with Gasteiger partial charge in [0.05, 0.1) is 23.7 Å². The third-order valence-corrected chi connectivity index (χ3v) is 3.62. The summed E-state index contributed by atoms with van der Waals surface area (Å²) in [6, 6.07) is 1.50. The Morgan fingerprint density at radius 1 is 1.59 bits per heavy atom. The second-order valence-corrected chi connectivity index (χ2v) is 5.27. The molecule has 6 heteroatoms. The molecule has 2 heterocycles. The van der Waals surface area contributed by atoms with Crippen LogP contribution in [0.15, 0.2) is 6.07 Å². The maximum absolute atomic E-state index is 12.0. The zero-order valence-corrected chi connectivity index (χ0v) is 11.0. The van der Waals surface area contributed by atoms with Crippen LogP contribution in [-0.2, 0) is 0 Å². The fraction of sp³-hybridized carbons (Fsp3) is 0.545. The Hall–Kier alpha value is -0.710. The Morgan fingerprint density at radius 3 is 2.71 bits per heavy atom. The predicted octanol–water partition coefficient (Wildman–Crippen LogP) is 2.31. The van der Waals surface area contributed by atoms with Gasteiger partial charge in [0.1, 0.15) is 10.8 Å². The van der Waals surface area contributed by atoms with Gasteiger partial charge in [-0.1, -0.05) is 36.5 Å². The topological polar surface area (TPSA) is 56.3 Å². The number of amides is 1. The van der Waals surface area contributed by atoms with E-state index < -0.39 is 5.60 Å². The molecule has 2 N–H and O–H groups in total. The van der Waals surface area contributed by atoms with Crippen LogP contribution < -0.4 is 0 Å². The monoisotopic (exact) mass is 276 g/mol. The number of carbonyl (C=O) groups is 1. The van der Waals surface area contributed by atoms with Gasteiger partial charge < -0.3 is 15.0 Å². The van der Waals surface area contributed by atoms with E-state index in [9.17, 15) is 9.90 Å². The van der Waals surface area contributed by atoms with Crippen LogP contribution in [0.2, 0.25) is 10.2 Å². The molecule has 0 unspecified atom stereocenters. The number of hydrogen-bond donors (Lipinski definition) is 2. The Balaban J connectivity index is 2.00. The normalized spacial score (nSPS) is 18.0. The highest BCUT2D eigenvalue weighted by molar-refractivity contribution is 6.41. The zero-order valence-electron chi connectivity index (χ0n) is 9.46. The van der Waals surface area contributed by atoms with Crippen molar-refractivity contribution in [1.82, 2.24) is 9.88 Å². The summed E-state index contributed by atoms with van der Waals surface area (Å²) in [6.45, 7) is 2.74. The van der Waals surface area contributed by atoms with Gasteiger partial charge in [-0.2, -0.15) is 0 Å². The number of carbonyl (C=O) groups excluding carboxylic acids is 1. The second kappa shape index (κ2) is 4.52. The molecule has 1 aliphatic heterocycles. The molecule has 1 aliphatic rings. The van der Waals surface area contributed by atoms with Crippen LogP contribution in [0.25, 0.3) is 0 Å². The highest BCUT2D eigenvalue weighted by Gasteiger charge is 2.43. The van der Waals surface area contributed by atoms with Gasteiger partial charge >= 0.3 is 0 Å². The Bertz CT molecular complexity index is 419. The number of nitrogens with zero attached hydrogens (tertiary/aromatic N) is 1. The molecule has 4 nitrogen and oxygen atoms in total. The van der Waals surface area contributed by atoms with E-state index in [4.69, 9.17) is 23.2 Å². The third kappa shape index (κ3) is 2.44. The van der Waals surface area contributed by atoms with Crippen molar-refractivity contribution >= 4 is 29.1 Å². The molecule has 0 aromatic carbocycles. The summed E-state index contributed by atoms with van der Waals surface area (Å²) in [6.07, 6.45) is 1.61. The van der Waals surface area contributed by atoms with Crippen LogP contribution in [-0.4, -0.2) is 39.6 Å². The highest BCUT2D eigenvalue weighted by Crippen LogP contribution is 2.29. The standard InChI is InChI=1S/C11H14Cl2N2O2/c1-2-3-11(17)5-15(6-11)10(16)8-4-7(12)9(13)14-8/h4,14,17H,2-3,5-6H2,1H3. The number of hydrogen-bond acceptors (Lipinski definition) is 2. The molecule has 0 saturated carbocycles. The Kier molecular flexibility index (Phi) is 3.39. The molecular weight excluding hydrogens is 263 g/mol. The largest absolute Gasteiger partial charge is 0.386 e. The summed E-state index contributed by atoms with van der Waals surface area (Å²) >= 11 is 11.5. The molecule has 17 heavy (non-hydrogen) atoms. The van der Waals surface area contributed by atoms with Crippen LogP contribution >= 0.6 is 23.2 Å². The van der Waals surface area contributed by atoms with Crippen molar-refractivity contribution in [3.63, 3.8) is 0 Å². The van der Waals surface area contributed by atoms with Crippen molar-refractivity contribution in [1.29, 1.82) is 0 Å². The van der Waals surface area contributed by atoms with E-state index in [0.29, 0.717) is 30.2 Å². The number of nitrogens with one attached hydrogen (secondary N) is 1. The predicted molar refractivity (Wildman–Crippen MR) is 66.6 cm³/mol. The molecule has 0 radical (unpaired) electrons. The lowest BCUT2D eigenvalue weighted by atomic mass is 9.89. The minimum absolute atomic E-state index is 0.181. The lowest BCUT2D eigenvalue weighted by Gasteiger charge is -2.46. The van der Waals surface area contributed by atoms with E-state index in [1.807, 2.05) is 6.92 Å². The van der Waals surface area contributed by atoms with Crippen LogP contribution in [0.1, 0.15) is 30.3 Å². The molecule has 2 rings (SSSR count). The number of likely N-dealkylation sites (tertiary alicyclic amines) is 1. The first-order valence-corrected chi connectivity index (χ1v) is 6.26. The number of rotatable bonds is 3. The lowest BCUT2D eigenvalue weighted by Crippen LogP contribution is -2.63. The molecule has 1 fully saturated rings. The molecule has 1 amide bonds. The van der Waals surface area contributed by atoms with Crippen LogP contribution in [0.5, 0.6) is 0 Å². The summed E-state index contributed by atoms with van der Waals surface area (Å²) < 4.78 is 0. The van der Waals surface area contributed by atoms with E-state index in [1.165, 1.54) is 6.07 Å². The fourth-order valence-electron chi connectivity index (χ4n) is 2.12. The van der Waals surface area contributed by atoms with Gasteiger partial charge in [-0.25, -0.2) is 0 Å². The quantitative estimate of drug-likeness (QED) is 0.890. The van der Waals surface area contributed by atoms with Gasteiger partial charge in [0.25, 0.3) is 5.91 Å². The number of halogens is 2. The fourth-order valence-corrected chi connectivity index (χ4v) is 2.43. The van der Waals surface area contributed by atoms with Crippen LogP contribution in [0, 0.1) is 0 Å². The number of aliphatic hydroxyl groups is 1. The van der Waals surface area contributed by atoms with Gasteiger partial charge in [0, 0.05) is 0 Å². The van der Waals surface area contributed by atoms with Crippen molar-refractivity contribution in [2.75, 3.05) is 13.1 Å². The van der Waals surface area contributed by atoms with Crippen LogP contribution in [0.4, 0.5) is 0 Å². The summed E-state index contributed by atoms with van der Waals surface area (Å²) in [7, 11) is 0. The van der Waals surface area contributed by atoms with E-state index in [0.717, 1.165) is 6.42 Å². The maximum Gasteiger partial charge on any atom is 0.270 e. The molecule has 1 aromatic heterocycles. The van der Waals surface area contributed by atoms with Crippen molar-refractivity contribution in [3.8, 4) is 0 Å². The van der Waals surface area contributed by atoms with E-state index in [2.05, 4.69) is 4.98 Å². The molecule has 0 bridgehead atoms. The molecule has 94 valence electrons. The molecule has 1 aromatic rings. The number of H-pyrrole nitrogens is 1. The number of β-amino-alcohol motifs (C(OH)–C–C–N with tert-alkyl or cyclic N) is 1. The summed E-state index contributed by atoms with van der Waals surface area (Å²) in [5.41, 5.74) is -0.358. The summed E-state index contributed by atoms with van der Waals surface area (Å²) in [5.74, 6) is -0.181. The van der Waals surface area contributed by atoms with Gasteiger partial charge in [-0.3, -0.25) is 4.79 Å². The van der Waals surface area contributed by atoms with Crippen molar-refractivity contribution in [3.05, 3.63) is 21.9 Å². The minimum Gasteiger partial charge on any atom is -0.386 e. The van der Waals surface area contributed by atoms with E-state index in [1.54, 1.807) is 4.90 Å². The molecule has 1 saturated heterocycles. The van der Waals surface area contributed by atoms with Crippen molar-refractivity contribution in [2.45, 2.75) is 25.4 Å². The first-order valence-electron chi connectivity index (χ1n) is 5.51. The molecule has 0 aliphatic carbocycles. The Morgan fingerprint density at radius 2 is 2.24 bits per heavy atom. The average Bonchev–Trinajstić information content (AvgIpc) is 2.55. The molecular formula is C11H14Cl2N2O2. The molecule has 0 spiro atoms. The highest BCUT2D eigenvalue weighted by atomic mass is 35.5. The summed E-state index contributed by atoms with van der Waals surface area (Å²) in [5, 5.41) is 10.6. The van der Waals surface area contributed by atoms with Gasteiger partial charge in [0.15, 0.2) is 0 Å². The van der Waals surface area contributed by atoms with Crippen molar-refractivity contribution < 1.29 is 9.90 Å². The first-order chi connectivity index (χ1) is 7.95. The number of aromatic amines is 1. The first kappa shape index (κ1) is 12.7. The molecule has 0 atom stereocenters. The van der Waals surface area contributed by atoms with Crippen molar-refractivity contribution in [2.24, 2.45) is 0 Å². The van der Waals surface area contributed by atoms with E-state index >= 15 is 0 Å². The van der Waals surface area contributed by atoms with Gasteiger partial charge in [-0.15, -0.1) is 0 Å².